The first-order valence-corrected chi connectivity index (χ1v) is 6.30. The predicted molar refractivity (Wildman–Crippen MR) is 80.2 cm³/mol. The summed E-state index contributed by atoms with van der Waals surface area (Å²) in [6.45, 7) is 1.67. The molecular weight excluding hydrogens is 268 g/mol. The predicted octanol–water partition coefficient (Wildman–Crippen LogP) is 1.28. The van der Waals surface area contributed by atoms with Gasteiger partial charge in [0.1, 0.15) is 6.61 Å². The van der Waals surface area contributed by atoms with Crippen LogP contribution in [0, 0.1) is 18.8 Å². The fourth-order valence-electron chi connectivity index (χ4n) is 1.81. The number of pyridine rings is 1. The molecule has 0 radical (unpaired) electrons. The maximum atomic E-state index is 12.0. The molecule has 1 heterocycles. The first-order chi connectivity index (χ1) is 10.1. The third kappa shape index (κ3) is 3.81. The van der Waals surface area contributed by atoms with E-state index in [1.54, 1.807) is 18.2 Å². The molecular formula is C16H14N2O3. The zero-order valence-corrected chi connectivity index (χ0v) is 11.4. The van der Waals surface area contributed by atoms with Gasteiger partial charge in [-0.25, -0.2) is 0 Å². The fourth-order valence-corrected chi connectivity index (χ4v) is 1.81. The number of carbonyl (C=O) groups excluding carboxylic acids is 1. The van der Waals surface area contributed by atoms with Crippen molar-refractivity contribution >= 4 is 11.6 Å². The lowest BCUT2D eigenvalue weighted by Crippen LogP contribution is -2.15. The van der Waals surface area contributed by atoms with Crippen molar-refractivity contribution in [1.82, 2.24) is 4.98 Å². The van der Waals surface area contributed by atoms with Crippen LogP contribution in [0.2, 0.25) is 0 Å². The Labute approximate surface area is 121 Å². The van der Waals surface area contributed by atoms with Gasteiger partial charge in [-0.05, 0) is 36.8 Å². The lowest BCUT2D eigenvalue weighted by Gasteiger charge is -2.07. The molecule has 0 spiro atoms. The first-order valence-electron chi connectivity index (χ1n) is 6.30. The lowest BCUT2D eigenvalue weighted by atomic mass is 10.1. The van der Waals surface area contributed by atoms with Crippen LogP contribution in [0.1, 0.15) is 21.5 Å². The first kappa shape index (κ1) is 14.6. The van der Waals surface area contributed by atoms with E-state index in [0.717, 1.165) is 11.1 Å². The van der Waals surface area contributed by atoms with Crippen LogP contribution in [-0.4, -0.2) is 22.6 Å². The van der Waals surface area contributed by atoms with Gasteiger partial charge in [-0.2, -0.15) is 0 Å². The van der Waals surface area contributed by atoms with Gasteiger partial charge < -0.3 is 15.4 Å². The molecule has 0 saturated heterocycles. The van der Waals surface area contributed by atoms with E-state index in [-0.39, 0.29) is 18.1 Å². The second kappa shape index (κ2) is 6.55. The number of aromatic amines is 1. The summed E-state index contributed by atoms with van der Waals surface area (Å²) in [5, 5.41) is 11.4. The maximum Gasteiger partial charge on any atom is 0.255 e. The van der Waals surface area contributed by atoms with E-state index in [0.29, 0.717) is 11.3 Å². The minimum atomic E-state index is -0.352. The van der Waals surface area contributed by atoms with Crippen LogP contribution in [-0.2, 0) is 0 Å². The highest BCUT2D eigenvalue weighted by Crippen LogP contribution is 2.15. The summed E-state index contributed by atoms with van der Waals surface area (Å²) in [5.74, 6) is 5.05. The standard InChI is InChI=1S/C16H14N2O3/c1-11-9-14(5-4-12(11)3-2-8-19)18-16(21)13-6-7-17-15(20)10-13/h4-7,9-10,19H,8H2,1H3,(H,17,20)(H,18,21). The molecule has 0 atom stereocenters. The van der Waals surface area contributed by atoms with Crippen LogP contribution in [0.3, 0.4) is 0 Å². The molecule has 0 saturated carbocycles. The van der Waals surface area contributed by atoms with E-state index >= 15 is 0 Å². The van der Waals surface area contributed by atoms with Crippen LogP contribution in [0.25, 0.3) is 0 Å². The largest absolute Gasteiger partial charge is 0.384 e. The van der Waals surface area contributed by atoms with Crippen molar-refractivity contribution in [2.45, 2.75) is 6.92 Å². The van der Waals surface area contributed by atoms with Crippen molar-refractivity contribution in [2.75, 3.05) is 11.9 Å². The summed E-state index contributed by atoms with van der Waals surface area (Å²) in [6.07, 6.45) is 1.43. The third-order valence-electron chi connectivity index (χ3n) is 2.82. The van der Waals surface area contributed by atoms with Crippen molar-refractivity contribution in [1.29, 1.82) is 0 Å². The molecule has 1 aromatic carbocycles. The number of benzene rings is 1. The summed E-state index contributed by atoms with van der Waals surface area (Å²) in [7, 11) is 0. The number of aliphatic hydroxyl groups excluding tert-OH is 1. The number of rotatable bonds is 2. The van der Waals surface area contributed by atoms with Crippen molar-refractivity contribution in [3.05, 3.63) is 63.6 Å². The Bertz CT molecular complexity index is 782. The van der Waals surface area contributed by atoms with Gasteiger partial charge in [0.2, 0.25) is 5.56 Å². The average Bonchev–Trinajstić information content (AvgIpc) is 2.46. The zero-order valence-electron chi connectivity index (χ0n) is 11.4. The summed E-state index contributed by atoms with van der Waals surface area (Å²) in [5.41, 5.74) is 2.26. The summed E-state index contributed by atoms with van der Waals surface area (Å²) < 4.78 is 0. The van der Waals surface area contributed by atoms with Gasteiger partial charge in [-0.3, -0.25) is 9.59 Å². The topological polar surface area (TPSA) is 82.2 Å². The molecule has 0 aliphatic carbocycles. The quantitative estimate of drug-likeness (QED) is 0.726. The van der Waals surface area contributed by atoms with Crippen LogP contribution in [0.5, 0.6) is 0 Å². The van der Waals surface area contributed by atoms with E-state index in [1.807, 2.05) is 6.92 Å². The Morgan fingerprint density at radius 2 is 2.14 bits per heavy atom. The average molecular weight is 282 g/mol. The minimum Gasteiger partial charge on any atom is -0.384 e. The number of hydrogen-bond donors (Lipinski definition) is 3. The Morgan fingerprint density at radius 3 is 2.81 bits per heavy atom. The van der Waals surface area contributed by atoms with Crippen molar-refractivity contribution < 1.29 is 9.90 Å². The van der Waals surface area contributed by atoms with E-state index in [1.165, 1.54) is 18.3 Å². The van der Waals surface area contributed by atoms with Gasteiger partial charge in [0.05, 0.1) is 0 Å². The molecule has 0 unspecified atom stereocenters. The molecule has 1 amide bonds. The molecule has 0 bridgehead atoms. The number of nitrogens with one attached hydrogen (secondary N) is 2. The van der Waals surface area contributed by atoms with Gasteiger partial charge >= 0.3 is 0 Å². The van der Waals surface area contributed by atoms with Crippen LogP contribution < -0.4 is 10.9 Å². The molecule has 0 fully saturated rings. The Hall–Kier alpha value is -2.84. The molecule has 106 valence electrons. The van der Waals surface area contributed by atoms with Crippen LogP contribution in [0.4, 0.5) is 5.69 Å². The number of hydrogen-bond acceptors (Lipinski definition) is 3. The van der Waals surface area contributed by atoms with Crippen LogP contribution >= 0.6 is 0 Å². The second-order valence-electron chi connectivity index (χ2n) is 4.39. The zero-order chi connectivity index (χ0) is 15.2. The Morgan fingerprint density at radius 1 is 1.33 bits per heavy atom. The third-order valence-corrected chi connectivity index (χ3v) is 2.82. The highest BCUT2D eigenvalue weighted by molar-refractivity contribution is 6.04. The van der Waals surface area contributed by atoms with Gasteiger partial charge in [0.15, 0.2) is 0 Å². The molecule has 5 heteroatoms. The molecule has 1 aromatic heterocycles. The molecule has 3 N–H and O–H groups in total. The van der Waals surface area contributed by atoms with Gasteiger partial charge in [-0.1, -0.05) is 11.8 Å². The normalized spacial score (nSPS) is 9.62. The number of aromatic nitrogens is 1. The number of aryl methyl sites for hydroxylation is 1. The van der Waals surface area contributed by atoms with Crippen molar-refractivity contribution in [3.63, 3.8) is 0 Å². The van der Waals surface area contributed by atoms with Gasteiger partial charge in [-0.15, -0.1) is 0 Å². The Kier molecular flexibility index (Phi) is 4.54. The van der Waals surface area contributed by atoms with E-state index in [9.17, 15) is 9.59 Å². The van der Waals surface area contributed by atoms with Crippen molar-refractivity contribution in [3.8, 4) is 11.8 Å². The molecule has 2 rings (SSSR count). The number of H-pyrrole nitrogens is 1. The molecule has 2 aromatic rings. The van der Waals surface area contributed by atoms with E-state index in [2.05, 4.69) is 22.1 Å². The smallest absolute Gasteiger partial charge is 0.255 e. The minimum absolute atomic E-state index is 0.194. The number of anilines is 1. The van der Waals surface area contributed by atoms with Crippen LogP contribution in [0.15, 0.2) is 41.3 Å². The Balaban J connectivity index is 2.18. The highest BCUT2D eigenvalue weighted by atomic mass is 16.2. The van der Waals surface area contributed by atoms with Gasteiger partial charge in [0.25, 0.3) is 5.91 Å². The second-order valence-corrected chi connectivity index (χ2v) is 4.39. The lowest BCUT2D eigenvalue weighted by molar-refractivity contribution is 0.102. The molecule has 0 aliphatic heterocycles. The monoisotopic (exact) mass is 282 g/mol. The number of aliphatic hydroxyl groups is 1. The molecule has 5 nitrogen and oxygen atoms in total. The molecule has 0 aliphatic rings. The maximum absolute atomic E-state index is 12.0. The fraction of sp³-hybridized carbons (Fsp3) is 0.125. The molecule has 21 heavy (non-hydrogen) atoms. The summed E-state index contributed by atoms with van der Waals surface area (Å²) >= 11 is 0. The highest BCUT2D eigenvalue weighted by Gasteiger charge is 2.07. The van der Waals surface area contributed by atoms with Gasteiger partial charge in [0, 0.05) is 29.1 Å². The van der Waals surface area contributed by atoms with Crippen molar-refractivity contribution in [2.24, 2.45) is 0 Å². The number of amides is 1. The van der Waals surface area contributed by atoms with E-state index in [4.69, 9.17) is 5.11 Å². The summed E-state index contributed by atoms with van der Waals surface area (Å²) in [4.78, 5) is 25.6. The number of carbonyl (C=O) groups is 1. The summed E-state index contributed by atoms with van der Waals surface area (Å²) in [6, 6.07) is 8.05. The van der Waals surface area contributed by atoms with E-state index < -0.39 is 0 Å². The SMILES string of the molecule is Cc1cc(NC(=O)c2cc[nH]c(=O)c2)ccc1C#CCO.